The van der Waals surface area contributed by atoms with Gasteiger partial charge in [-0.05, 0) is 36.8 Å². The number of carbonyl (C=O) groups excluding carboxylic acids is 3. The zero-order chi connectivity index (χ0) is 23.2. The molecule has 2 N–H and O–H groups in total. The zero-order valence-corrected chi connectivity index (χ0v) is 19.0. The highest BCUT2D eigenvalue weighted by atomic mass is 32.2. The van der Waals surface area contributed by atoms with Gasteiger partial charge >= 0.3 is 5.97 Å². The fourth-order valence-electron chi connectivity index (χ4n) is 2.57. The topological polar surface area (TPSA) is 103 Å². The quantitative estimate of drug-likeness (QED) is 0.268. The Morgan fingerprint density at radius 2 is 1.69 bits per heavy atom. The second-order valence-corrected chi connectivity index (χ2v) is 7.74. The summed E-state index contributed by atoms with van der Waals surface area (Å²) in [6.07, 6.45) is 0. The average molecular weight is 461 g/mol. The minimum Gasteiger partial charge on any atom is -0.492 e. The van der Waals surface area contributed by atoms with Crippen LogP contribution >= 0.6 is 11.8 Å². The van der Waals surface area contributed by atoms with Gasteiger partial charge in [0.15, 0.2) is 6.61 Å². The smallest absolute Gasteiger partial charge is 0.339 e. The maximum Gasteiger partial charge on any atom is 0.339 e. The van der Waals surface area contributed by atoms with E-state index in [-0.39, 0.29) is 18.2 Å². The molecule has 8 nitrogen and oxygen atoms in total. The maximum atomic E-state index is 12.4. The highest BCUT2D eigenvalue weighted by molar-refractivity contribution is 8.00. The highest BCUT2D eigenvalue weighted by Gasteiger charge is 2.15. The maximum absolute atomic E-state index is 12.4. The minimum atomic E-state index is -0.626. The van der Waals surface area contributed by atoms with E-state index in [0.717, 1.165) is 11.3 Å². The van der Waals surface area contributed by atoms with E-state index in [0.29, 0.717) is 30.2 Å². The number of esters is 1. The Balaban J connectivity index is 1.72. The van der Waals surface area contributed by atoms with Gasteiger partial charge in [-0.2, -0.15) is 0 Å². The molecule has 2 aromatic carbocycles. The van der Waals surface area contributed by atoms with Crippen LogP contribution in [0.1, 0.15) is 15.9 Å². The Hall–Kier alpha value is -3.04. The van der Waals surface area contributed by atoms with Crippen molar-refractivity contribution in [3.05, 3.63) is 59.7 Å². The fraction of sp³-hybridized carbons (Fsp3) is 0.348. The third kappa shape index (κ3) is 9.40. The first-order valence-corrected chi connectivity index (χ1v) is 11.1. The Morgan fingerprint density at radius 3 is 2.47 bits per heavy atom. The molecule has 0 aliphatic carbocycles. The number of ether oxygens (including phenoxy) is 3. The predicted molar refractivity (Wildman–Crippen MR) is 122 cm³/mol. The van der Waals surface area contributed by atoms with Gasteiger partial charge in [0.1, 0.15) is 12.4 Å². The highest BCUT2D eigenvalue weighted by Crippen LogP contribution is 2.23. The van der Waals surface area contributed by atoms with E-state index in [4.69, 9.17) is 14.2 Å². The summed E-state index contributed by atoms with van der Waals surface area (Å²) in [6.45, 7) is 3.01. The van der Waals surface area contributed by atoms with Gasteiger partial charge in [0.25, 0.3) is 5.91 Å². The number of nitrogens with one attached hydrogen (secondary N) is 2. The third-order valence-electron chi connectivity index (χ3n) is 4.11. The molecular formula is C23H28N2O6S. The van der Waals surface area contributed by atoms with Gasteiger partial charge in [0.05, 0.1) is 24.5 Å². The lowest BCUT2D eigenvalue weighted by Crippen LogP contribution is -2.32. The van der Waals surface area contributed by atoms with Crippen molar-refractivity contribution >= 4 is 29.5 Å². The third-order valence-corrected chi connectivity index (χ3v) is 5.18. The van der Waals surface area contributed by atoms with Crippen molar-refractivity contribution < 1.29 is 28.6 Å². The molecule has 32 heavy (non-hydrogen) atoms. The molecule has 0 fully saturated rings. The van der Waals surface area contributed by atoms with Crippen LogP contribution in [0.2, 0.25) is 0 Å². The number of methoxy groups -OCH3 is 1. The molecule has 0 atom stereocenters. The van der Waals surface area contributed by atoms with Crippen molar-refractivity contribution in [1.29, 1.82) is 0 Å². The van der Waals surface area contributed by atoms with Crippen molar-refractivity contribution in [3.63, 3.8) is 0 Å². The number of hydrogen-bond donors (Lipinski definition) is 2. The predicted octanol–water partition coefficient (Wildman–Crippen LogP) is 2.20. The van der Waals surface area contributed by atoms with Gasteiger partial charge in [-0.1, -0.05) is 24.3 Å². The van der Waals surface area contributed by atoms with Gasteiger partial charge < -0.3 is 24.8 Å². The second kappa shape index (κ2) is 14.1. The summed E-state index contributed by atoms with van der Waals surface area (Å²) < 4.78 is 15.6. The monoisotopic (exact) mass is 460 g/mol. The van der Waals surface area contributed by atoms with E-state index in [1.165, 1.54) is 11.8 Å². The van der Waals surface area contributed by atoms with Gasteiger partial charge in [-0.15, -0.1) is 11.8 Å². The molecule has 0 saturated heterocycles. The van der Waals surface area contributed by atoms with Crippen molar-refractivity contribution in [2.45, 2.75) is 11.8 Å². The lowest BCUT2D eigenvalue weighted by Gasteiger charge is -2.10. The number of rotatable bonds is 13. The summed E-state index contributed by atoms with van der Waals surface area (Å²) in [7, 11) is 1.56. The van der Waals surface area contributed by atoms with Gasteiger partial charge in [-0.25, -0.2) is 4.79 Å². The van der Waals surface area contributed by atoms with Crippen LogP contribution in [0.4, 0.5) is 0 Å². The van der Waals surface area contributed by atoms with Crippen molar-refractivity contribution in [3.8, 4) is 5.75 Å². The first kappa shape index (κ1) is 25.2. The van der Waals surface area contributed by atoms with Crippen molar-refractivity contribution in [2.75, 3.05) is 45.8 Å². The van der Waals surface area contributed by atoms with Gasteiger partial charge in [0, 0.05) is 18.6 Å². The molecule has 0 bridgehead atoms. The van der Waals surface area contributed by atoms with Gasteiger partial charge in [0.2, 0.25) is 5.91 Å². The normalized spacial score (nSPS) is 10.3. The molecule has 0 heterocycles. The molecule has 9 heteroatoms. The average Bonchev–Trinajstić information content (AvgIpc) is 2.79. The minimum absolute atomic E-state index is 0.148. The summed E-state index contributed by atoms with van der Waals surface area (Å²) in [5.41, 5.74) is 1.39. The first-order valence-electron chi connectivity index (χ1n) is 10.1. The van der Waals surface area contributed by atoms with E-state index >= 15 is 0 Å². The Bertz CT molecular complexity index is 906. The molecule has 2 aromatic rings. The largest absolute Gasteiger partial charge is 0.492 e. The van der Waals surface area contributed by atoms with E-state index in [1.807, 2.05) is 31.2 Å². The number of amides is 2. The Labute approximate surface area is 192 Å². The van der Waals surface area contributed by atoms with Crippen molar-refractivity contribution in [1.82, 2.24) is 10.6 Å². The van der Waals surface area contributed by atoms with E-state index in [1.54, 1.807) is 31.4 Å². The van der Waals surface area contributed by atoms with Crippen LogP contribution in [0.25, 0.3) is 0 Å². The summed E-state index contributed by atoms with van der Waals surface area (Å²) >= 11 is 1.22. The standard InChI is InChI=1S/C23H28N2O6S/c1-17-6-5-7-18(14-17)30-13-11-24-21(26)15-31-23(28)19-8-3-4-9-20(19)32-16-22(27)25-10-12-29-2/h3-9,14H,10-13,15-16H2,1-2H3,(H,24,26)(H,25,27). The molecule has 2 amide bonds. The molecule has 2 rings (SSSR count). The molecule has 0 radical (unpaired) electrons. The Kier molecular flexibility index (Phi) is 11.1. The molecule has 0 saturated carbocycles. The van der Waals surface area contributed by atoms with E-state index in [2.05, 4.69) is 10.6 Å². The number of hydrogen-bond acceptors (Lipinski definition) is 7. The van der Waals surface area contributed by atoms with Crippen LogP contribution in [-0.2, 0) is 19.1 Å². The number of thioether (sulfide) groups is 1. The summed E-state index contributed by atoms with van der Waals surface area (Å²) in [5, 5.41) is 5.36. The first-order chi connectivity index (χ1) is 15.5. The summed E-state index contributed by atoms with van der Waals surface area (Å²) in [6, 6.07) is 14.4. The summed E-state index contributed by atoms with van der Waals surface area (Å²) in [5.74, 6) is -0.336. The molecule has 0 spiro atoms. The number of benzene rings is 2. The van der Waals surface area contributed by atoms with Crippen LogP contribution in [0.5, 0.6) is 5.75 Å². The van der Waals surface area contributed by atoms with Crippen LogP contribution in [0.3, 0.4) is 0 Å². The van der Waals surface area contributed by atoms with Crippen LogP contribution < -0.4 is 15.4 Å². The van der Waals surface area contributed by atoms with E-state index in [9.17, 15) is 14.4 Å². The SMILES string of the molecule is COCCNC(=O)CSc1ccccc1C(=O)OCC(=O)NCCOc1cccc(C)c1. The molecule has 172 valence electrons. The molecule has 0 aliphatic rings. The zero-order valence-electron chi connectivity index (χ0n) is 18.2. The van der Waals surface area contributed by atoms with Crippen LogP contribution in [-0.4, -0.2) is 63.6 Å². The number of aryl methyl sites for hydroxylation is 1. The van der Waals surface area contributed by atoms with Crippen molar-refractivity contribution in [2.24, 2.45) is 0 Å². The molecule has 0 aromatic heterocycles. The second-order valence-electron chi connectivity index (χ2n) is 6.72. The number of carbonyl (C=O) groups is 3. The summed E-state index contributed by atoms with van der Waals surface area (Å²) in [4.78, 5) is 36.8. The molecule has 0 aliphatic heterocycles. The van der Waals surface area contributed by atoms with Gasteiger partial charge in [-0.3, -0.25) is 9.59 Å². The lowest BCUT2D eigenvalue weighted by atomic mass is 10.2. The van der Waals surface area contributed by atoms with Crippen LogP contribution in [0.15, 0.2) is 53.4 Å². The Morgan fingerprint density at radius 1 is 0.938 bits per heavy atom. The fourth-order valence-corrected chi connectivity index (χ4v) is 3.44. The van der Waals surface area contributed by atoms with Crippen LogP contribution in [0, 0.1) is 6.92 Å². The van der Waals surface area contributed by atoms with E-state index < -0.39 is 18.5 Å². The molecule has 0 unspecified atom stereocenters. The molecular weight excluding hydrogens is 432 g/mol. The lowest BCUT2D eigenvalue weighted by molar-refractivity contribution is -0.124.